The molecule has 114 valence electrons. The van der Waals surface area contributed by atoms with Crippen molar-refractivity contribution in [1.82, 2.24) is 0 Å². The molecule has 0 unspecified atom stereocenters. The number of nitrogens with two attached hydrogens (primary N) is 1. The molecule has 2 rings (SSSR count). The zero-order valence-electron chi connectivity index (χ0n) is 11.9. The maximum Gasteiger partial charge on any atom is 0.340 e. The third-order valence-corrected chi connectivity index (χ3v) is 4.28. The van der Waals surface area contributed by atoms with Gasteiger partial charge in [-0.05, 0) is 43.0 Å². The van der Waals surface area contributed by atoms with Gasteiger partial charge in [-0.1, -0.05) is 18.0 Å². The van der Waals surface area contributed by atoms with Gasteiger partial charge in [0.25, 0.3) is 0 Å². The van der Waals surface area contributed by atoms with Crippen molar-refractivity contribution in [2.24, 2.45) is 11.1 Å². The summed E-state index contributed by atoms with van der Waals surface area (Å²) in [7, 11) is 1.28. The van der Waals surface area contributed by atoms with Crippen molar-refractivity contribution in [1.29, 1.82) is 0 Å². The molecule has 0 atom stereocenters. The van der Waals surface area contributed by atoms with Gasteiger partial charge in [-0.3, -0.25) is 4.79 Å². The van der Waals surface area contributed by atoms with E-state index in [9.17, 15) is 9.59 Å². The van der Waals surface area contributed by atoms with Gasteiger partial charge in [-0.15, -0.1) is 0 Å². The predicted octanol–water partition coefficient (Wildman–Crippen LogP) is 2.58. The van der Waals surface area contributed by atoms with Crippen LogP contribution in [0.5, 0.6) is 0 Å². The zero-order chi connectivity index (χ0) is 15.5. The van der Waals surface area contributed by atoms with E-state index in [1.54, 1.807) is 12.1 Å². The topological polar surface area (TPSA) is 81.4 Å². The molecule has 1 aliphatic rings. The molecule has 1 aliphatic carbocycles. The summed E-state index contributed by atoms with van der Waals surface area (Å²) >= 11 is 5.88. The molecule has 0 radical (unpaired) electrons. The molecule has 6 heteroatoms. The van der Waals surface area contributed by atoms with E-state index in [2.05, 4.69) is 5.32 Å². The fourth-order valence-corrected chi connectivity index (χ4v) is 2.74. The third-order valence-electron chi connectivity index (χ3n) is 4.04. The number of anilines is 1. The predicted molar refractivity (Wildman–Crippen MR) is 81.4 cm³/mol. The molecule has 0 heterocycles. The molecule has 0 saturated heterocycles. The molecular weight excluding hydrogens is 292 g/mol. The molecule has 0 aromatic heterocycles. The maximum atomic E-state index is 12.2. The molecule has 21 heavy (non-hydrogen) atoms. The Hall–Kier alpha value is -1.59. The minimum atomic E-state index is -0.537. The number of benzene rings is 1. The van der Waals surface area contributed by atoms with Crippen LogP contribution in [0.25, 0.3) is 0 Å². The Morgan fingerprint density at radius 1 is 1.43 bits per heavy atom. The van der Waals surface area contributed by atoms with E-state index >= 15 is 0 Å². The first kappa shape index (κ1) is 15.8. The van der Waals surface area contributed by atoms with Crippen LogP contribution in [0.15, 0.2) is 18.2 Å². The first-order valence-corrected chi connectivity index (χ1v) is 7.25. The van der Waals surface area contributed by atoms with Crippen molar-refractivity contribution in [2.45, 2.75) is 25.7 Å². The highest BCUT2D eigenvalue weighted by molar-refractivity contribution is 6.31. The number of methoxy groups -OCH3 is 1. The summed E-state index contributed by atoms with van der Waals surface area (Å²) in [6.07, 6.45) is 3.42. The van der Waals surface area contributed by atoms with E-state index in [1.165, 1.54) is 13.2 Å². The molecule has 1 saturated carbocycles. The van der Waals surface area contributed by atoms with Crippen molar-refractivity contribution in [3.63, 3.8) is 0 Å². The Morgan fingerprint density at radius 3 is 2.67 bits per heavy atom. The largest absolute Gasteiger partial charge is 0.465 e. The van der Waals surface area contributed by atoms with Gasteiger partial charge in [-0.25, -0.2) is 4.79 Å². The Kier molecular flexibility index (Phi) is 4.85. The summed E-state index contributed by atoms with van der Waals surface area (Å²) in [5.41, 5.74) is 6.33. The van der Waals surface area contributed by atoms with Crippen LogP contribution in [0, 0.1) is 5.41 Å². The second kappa shape index (κ2) is 6.45. The zero-order valence-corrected chi connectivity index (χ0v) is 12.7. The van der Waals surface area contributed by atoms with Crippen molar-refractivity contribution in [2.75, 3.05) is 19.0 Å². The number of esters is 1. The average Bonchev–Trinajstić information content (AvgIpc) is 2.44. The number of amides is 1. The van der Waals surface area contributed by atoms with Crippen LogP contribution in [0.4, 0.5) is 5.69 Å². The van der Waals surface area contributed by atoms with Crippen molar-refractivity contribution in [3.05, 3.63) is 28.8 Å². The molecular formula is C15H19ClN2O3. The minimum Gasteiger partial charge on any atom is -0.465 e. The number of nitrogens with one attached hydrogen (secondary N) is 1. The number of carbonyl (C=O) groups excluding carboxylic acids is 2. The van der Waals surface area contributed by atoms with Gasteiger partial charge in [0.15, 0.2) is 0 Å². The lowest BCUT2D eigenvalue weighted by Crippen LogP contribution is -2.40. The molecule has 3 N–H and O–H groups in total. The summed E-state index contributed by atoms with van der Waals surface area (Å²) in [6, 6.07) is 4.69. The van der Waals surface area contributed by atoms with Gasteiger partial charge in [-0.2, -0.15) is 0 Å². The fraction of sp³-hybridized carbons (Fsp3) is 0.467. The molecule has 5 nitrogen and oxygen atoms in total. The number of halogens is 1. The molecule has 0 aliphatic heterocycles. The smallest absolute Gasteiger partial charge is 0.340 e. The monoisotopic (exact) mass is 310 g/mol. The summed E-state index contributed by atoms with van der Waals surface area (Å²) < 4.78 is 4.70. The summed E-state index contributed by atoms with van der Waals surface area (Å²) in [6.45, 7) is 0.505. The second-order valence-corrected chi connectivity index (χ2v) is 5.90. The van der Waals surface area contributed by atoms with Crippen LogP contribution in [0.3, 0.4) is 0 Å². The lowest BCUT2D eigenvalue weighted by Gasteiger charge is -2.40. The Morgan fingerprint density at radius 2 is 2.14 bits per heavy atom. The molecule has 0 bridgehead atoms. The molecule has 1 amide bonds. The van der Waals surface area contributed by atoms with Crippen LogP contribution in [0.2, 0.25) is 5.02 Å². The molecule has 0 spiro atoms. The number of rotatable bonds is 5. The van der Waals surface area contributed by atoms with Crippen molar-refractivity contribution in [3.8, 4) is 0 Å². The first-order chi connectivity index (χ1) is 9.99. The maximum absolute atomic E-state index is 12.2. The van der Waals surface area contributed by atoms with Crippen LogP contribution in [-0.2, 0) is 9.53 Å². The van der Waals surface area contributed by atoms with Gasteiger partial charge in [0.1, 0.15) is 0 Å². The number of carbonyl (C=O) groups is 2. The molecule has 1 fully saturated rings. The Balaban J connectivity index is 2.12. The highest BCUT2D eigenvalue weighted by Crippen LogP contribution is 2.43. The van der Waals surface area contributed by atoms with Gasteiger partial charge in [0.2, 0.25) is 5.91 Å². The van der Waals surface area contributed by atoms with E-state index in [4.69, 9.17) is 22.1 Å². The van der Waals surface area contributed by atoms with Crippen LogP contribution >= 0.6 is 11.6 Å². The van der Waals surface area contributed by atoms with Crippen molar-refractivity contribution < 1.29 is 14.3 Å². The van der Waals surface area contributed by atoms with Gasteiger partial charge >= 0.3 is 5.97 Å². The third kappa shape index (κ3) is 3.54. The summed E-state index contributed by atoms with van der Waals surface area (Å²) in [5.74, 6) is -0.683. The lowest BCUT2D eigenvalue weighted by atomic mass is 9.66. The van der Waals surface area contributed by atoms with E-state index in [0.29, 0.717) is 23.7 Å². The van der Waals surface area contributed by atoms with Gasteiger partial charge in [0.05, 0.1) is 18.4 Å². The molecule has 1 aromatic carbocycles. The Bertz CT molecular complexity index is 550. The SMILES string of the molecule is COC(=O)c1cc(Cl)ccc1NC(=O)CC1(CN)CCC1. The van der Waals surface area contributed by atoms with E-state index < -0.39 is 5.97 Å². The quantitative estimate of drug-likeness (QED) is 0.819. The standard InChI is InChI=1S/C15H19ClN2O3/c1-21-14(20)11-7-10(16)3-4-12(11)18-13(19)8-15(9-17)5-2-6-15/h3-4,7H,2,5-6,8-9,17H2,1H3,(H,18,19). The highest BCUT2D eigenvalue weighted by Gasteiger charge is 2.37. The second-order valence-electron chi connectivity index (χ2n) is 5.46. The van der Waals surface area contributed by atoms with Crippen LogP contribution in [0.1, 0.15) is 36.0 Å². The highest BCUT2D eigenvalue weighted by atomic mass is 35.5. The summed E-state index contributed by atoms with van der Waals surface area (Å²) in [5, 5.41) is 3.17. The summed E-state index contributed by atoms with van der Waals surface area (Å²) in [4.78, 5) is 23.9. The van der Waals surface area contributed by atoms with Gasteiger partial charge in [0, 0.05) is 11.4 Å². The van der Waals surface area contributed by atoms with E-state index in [0.717, 1.165) is 19.3 Å². The van der Waals surface area contributed by atoms with Gasteiger partial charge < -0.3 is 15.8 Å². The number of hydrogen-bond donors (Lipinski definition) is 2. The van der Waals surface area contributed by atoms with E-state index in [1.807, 2.05) is 0 Å². The van der Waals surface area contributed by atoms with Crippen LogP contribution in [-0.4, -0.2) is 25.5 Å². The minimum absolute atomic E-state index is 0.0814. The number of hydrogen-bond acceptors (Lipinski definition) is 4. The van der Waals surface area contributed by atoms with Crippen molar-refractivity contribution >= 4 is 29.2 Å². The Labute approximate surface area is 128 Å². The normalized spacial score (nSPS) is 16.0. The number of ether oxygens (including phenoxy) is 1. The van der Waals surface area contributed by atoms with E-state index in [-0.39, 0.29) is 16.9 Å². The fourth-order valence-electron chi connectivity index (χ4n) is 2.57. The lowest BCUT2D eigenvalue weighted by molar-refractivity contribution is -0.119. The first-order valence-electron chi connectivity index (χ1n) is 6.87. The van der Waals surface area contributed by atoms with Crippen LogP contribution < -0.4 is 11.1 Å². The average molecular weight is 311 g/mol. The molecule has 1 aromatic rings.